The van der Waals surface area contributed by atoms with Gasteiger partial charge in [0.15, 0.2) is 5.78 Å². The van der Waals surface area contributed by atoms with E-state index in [1.165, 1.54) is 0 Å². The van der Waals surface area contributed by atoms with Gasteiger partial charge in [0.2, 0.25) is 0 Å². The molecule has 0 aliphatic rings. The third-order valence-corrected chi connectivity index (χ3v) is 2.89. The predicted molar refractivity (Wildman–Crippen MR) is 82.4 cm³/mol. The molecule has 3 nitrogen and oxygen atoms in total. The zero-order valence-electron chi connectivity index (χ0n) is 13.7. The van der Waals surface area contributed by atoms with Crippen LogP contribution in [0.2, 0.25) is 0 Å². The van der Waals surface area contributed by atoms with Gasteiger partial charge in [-0.3, -0.25) is 9.59 Å². The SMILES string of the molecule is CCOC(=O)C(C)(C)C/C=C/C(C)CC(=O)C=C(C)C. The fourth-order valence-corrected chi connectivity index (χ4v) is 1.77. The lowest BCUT2D eigenvalue weighted by molar-refractivity contribution is -0.153. The topological polar surface area (TPSA) is 43.4 Å². The van der Waals surface area contributed by atoms with Gasteiger partial charge in [-0.2, -0.15) is 0 Å². The lowest BCUT2D eigenvalue weighted by atomic mass is 9.88. The minimum Gasteiger partial charge on any atom is -0.466 e. The minimum atomic E-state index is -0.518. The van der Waals surface area contributed by atoms with E-state index >= 15 is 0 Å². The van der Waals surface area contributed by atoms with Crippen LogP contribution in [0.5, 0.6) is 0 Å². The monoisotopic (exact) mass is 280 g/mol. The molecule has 0 amide bonds. The average Bonchev–Trinajstić information content (AvgIpc) is 2.27. The summed E-state index contributed by atoms with van der Waals surface area (Å²) in [5.41, 5.74) is 0.505. The molecule has 0 saturated heterocycles. The van der Waals surface area contributed by atoms with E-state index in [1.54, 1.807) is 13.0 Å². The van der Waals surface area contributed by atoms with Gasteiger partial charge in [-0.15, -0.1) is 0 Å². The maximum absolute atomic E-state index is 11.7. The number of hydrogen-bond donors (Lipinski definition) is 0. The summed E-state index contributed by atoms with van der Waals surface area (Å²) in [6.45, 7) is 11.8. The van der Waals surface area contributed by atoms with Crippen molar-refractivity contribution >= 4 is 11.8 Å². The smallest absolute Gasteiger partial charge is 0.311 e. The normalized spacial score (nSPS) is 13.1. The molecule has 1 atom stereocenters. The molecule has 0 aromatic carbocycles. The van der Waals surface area contributed by atoms with E-state index in [9.17, 15) is 9.59 Å². The van der Waals surface area contributed by atoms with Gasteiger partial charge in [-0.05, 0) is 53.0 Å². The second kappa shape index (κ2) is 8.72. The summed E-state index contributed by atoms with van der Waals surface area (Å²) in [6, 6.07) is 0. The van der Waals surface area contributed by atoms with Gasteiger partial charge >= 0.3 is 5.97 Å². The van der Waals surface area contributed by atoms with Crippen molar-refractivity contribution < 1.29 is 14.3 Å². The Morgan fingerprint density at radius 2 is 1.85 bits per heavy atom. The Morgan fingerprint density at radius 3 is 2.35 bits per heavy atom. The van der Waals surface area contributed by atoms with Crippen molar-refractivity contribution in [1.29, 1.82) is 0 Å². The number of allylic oxidation sites excluding steroid dienone is 4. The lowest BCUT2D eigenvalue weighted by Crippen LogP contribution is -2.26. The Hall–Kier alpha value is -1.38. The summed E-state index contributed by atoms with van der Waals surface area (Å²) in [4.78, 5) is 23.4. The first kappa shape index (κ1) is 18.6. The molecular weight excluding hydrogens is 252 g/mol. The minimum absolute atomic E-state index is 0.145. The summed E-state index contributed by atoms with van der Waals surface area (Å²) in [5.74, 6) is 0.140. The largest absolute Gasteiger partial charge is 0.466 e. The van der Waals surface area contributed by atoms with Crippen LogP contribution in [-0.4, -0.2) is 18.4 Å². The van der Waals surface area contributed by atoms with Crippen LogP contribution in [0.25, 0.3) is 0 Å². The Bertz CT molecular complexity index is 385. The Morgan fingerprint density at radius 1 is 1.25 bits per heavy atom. The summed E-state index contributed by atoms with van der Waals surface area (Å²) in [7, 11) is 0. The molecular formula is C17H28O3. The molecule has 0 fully saturated rings. The lowest BCUT2D eigenvalue weighted by Gasteiger charge is -2.20. The first-order chi connectivity index (χ1) is 9.19. The number of rotatable bonds is 8. The number of carbonyl (C=O) groups excluding carboxylic acids is 2. The van der Waals surface area contributed by atoms with Crippen LogP contribution in [0.3, 0.4) is 0 Å². The van der Waals surface area contributed by atoms with Gasteiger partial charge in [0.05, 0.1) is 12.0 Å². The third-order valence-electron chi connectivity index (χ3n) is 2.89. The van der Waals surface area contributed by atoms with E-state index < -0.39 is 5.41 Å². The highest BCUT2D eigenvalue weighted by atomic mass is 16.5. The molecule has 0 aromatic heterocycles. The highest BCUT2D eigenvalue weighted by Crippen LogP contribution is 2.23. The Labute approximate surface area is 123 Å². The van der Waals surface area contributed by atoms with Crippen molar-refractivity contribution in [3.63, 3.8) is 0 Å². The Balaban J connectivity index is 4.33. The molecule has 20 heavy (non-hydrogen) atoms. The van der Waals surface area contributed by atoms with Gasteiger partial charge in [-0.25, -0.2) is 0 Å². The van der Waals surface area contributed by atoms with E-state index in [1.807, 2.05) is 46.8 Å². The Kier molecular flexibility index (Phi) is 8.12. The van der Waals surface area contributed by atoms with Crippen LogP contribution < -0.4 is 0 Å². The van der Waals surface area contributed by atoms with Crippen molar-refractivity contribution in [1.82, 2.24) is 0 Å². The van der Waals surface area contributed by atoms with Crippen molar-refractivity contribution in [3.05, 3.63) is 23.8 Å². The first-order valence-electron chi connectivity index (χ1n) is 7.20. The molecule has 0 radical (unpaired) electrons. The molecule has 0 spiro atoms. The number of ketones is 1. The molecule has 0 saturated carbocycles. The highest BCUT2D eigenvalue weighted by Gasteiger charge is 2.27. The van der Waals surface area contributed by atoms with Crippen LogP contribution in [0, 0.1) is 11.3 Å². The van der Waals surface area contributed by atoms with Crippen molar-refractivity contribution in [2.45, 2.75) is 54.4 Å². The molecule has 0 rings (SSSR count). The fourth-order valence-electron chi connectivity index (χ4n) is 1.77. The molecule has 1 unspecified atom stereocenters. The molecule has 0 aliphatic carbocycles. The van der Waals surface area contributed by atoms with E-state index in [4.69, 9.17) is 4.74 Å². The van der Waals surface area contributed by atoms with Gasteiger partial charge in [0.1, 0.15) is 0 Å². The molecule has 0 aliphatic heterocycles. The number of hydrogen-bond acceptors (Lipinski definition) is 3. The zero-order valence-corrected chi connectivity index (χ0v) is 13.7. The van der Waals surface area contributed by atoms with E-state index in [0.29, 0.717) is 19.4 Å². The van der Waals surface area contributed by atoms with Crippen LogP contribution in [0.15, 0.2) is 23.8 Å². The van der Waals surface area contributed by atoms with Gasteiger partial charge in [-0.1, -0.05) is 24.6 Å². The third kappa shape index (κ3) is 7.93. The average molecular weight is 280 g/mol. The molecule has 3 heteroatoms. The van der Waals surface area contributed by atoms with Gasteiger partial charge in [0.25, 0.3) is 0 Å². The maximum Gasteiger partial charge on any atom is 0.311 e. The van der Waals surface area contributed by atoms with Crippen LogP contribution in [0.1, 0.15) is 54.4 Å². The molecule has 0 N–H and O–H groups in total. The quantitative estimate of drug-likeness (QED) is 0.382. The molecule has 0 heterocycles. The van der Waals surface area contributed by atoms with Crippen LogP contribution >= 0.6 is 0 Å². The molecule has 0 aromatic rings. The second-order valence-electron chi connectivity index (χ2n) is 6.11. The summed E-state index contributed by atoms with van der Waals surface area (Å²) in [6.07, 6.45) is 6.76. The summed E-state index contributed by atoms with van der Waals surface area (Å²) < 4.78 is 5.04. The maximum atomic E-state index is 11.7. The highest BCUT2D eigenvalue weighted by molar-refractivity contribution is 5.90. The predicted octanol–water partition coefficient (Wildman–Crippen LogP) is 4.08. The van der Waals surface area contributed by atoms with Crippen molar-refractivity contribution in [2.75, 3.05) is 6.61 Å². The van der Waals surface area contributed by atoms with Crippen molar-refractivity contribution in [3.8, 4) is 0 Å². The van der Waals surface area contributed by atoms with Crippen LogP contribution in [0.4, 0.5) is 0 Å². The van der Waals surface area contributed by atoms with Gasteiger partial charge in [0, 0.05) is 6.42 Å². The fraction of sp³-hybridized carbons (Fsp3) is 0.647. The number of ether oxygens (including phenoxy) is 1. The standard InChI is InChI=1S/C17H28O3/c1-7-20-16(19)17(5,6)10-8-9-14(4)12-15(18)11-13(2)3/h8-9,11,14H,7,10,12H2,1-6H3/b9-8+. The van der Waals surface area contributed by atoms with Crippen molar-refractivity contribution in [2.24, 2.45) is 11.3 Å². The van der Waals surface area contributed by atoms with E-state index in [0.717, 1.165) is 5.57 Å². The van der Waals surface area contributed by atoms with Gasteiger partial charge < -0.3 is 4.74 Å². The second-order valence-corrected chi connectivity index (χ2v) is 6.11. The molecule has 0 bridgehead atoms. The summed E-state index contributed by atoms with van der Waals surface area (Å²) in [5, 5.41) is 0. The number of carbonyl (C=O) groups is 2. The van der Waals surface area contributed by atoms with Crippen LogP contribution in [-0.2, 0) is 14.3 Å². The zero-order chi connectivity index (χ0) is 15.8. The van der Waals surface area contributed by atoms with E-state index in [-0.39, 0.29) is 17.7 Å². The molecule has 114 valence electrons. The first-order valence-corrected chi connectivity index (χ1v) is 7.20. The summed E-state index contributed by atoms with van der Waals surface area (Å²) >= 11 is 0. The van der Waals surface area contributed by atoms with E-state index in [2.05, 4.69) is 0 Å². The number of esters is 1.